The minimum atomic E-state index is 0.498. The van der Waals surface area contributed by atoms with Crippen molar-refractivity contribution < 1.29 is 0 Å². The molecule has 0 heterocycles. The van der Waals surface area contributed by atoms with Crippen LogP contribution in [0, 0.1) is 17.8 Å². The Balaban J connectivity index is 1.74. The van der Waals surface area contributed by atoms with Crippen LogP contribution in [0.2, 0.25) is 0 Å². The normalized spacial score (nSPS) is 29.9. The van der Waals surface area contributed by atoms with E-state index in [0.29, 0.717) is 6.04 Å². The van der Waals surface area contributed by atoms with E-state index in [4.69, 9.17) is 0 Å². The van der Waals surface area contributed by atoms with Crippen LogP contribution in [0.15, 0.2) is 27.1 Å². The lowest BCUT2D eigenvalue weighted by Gasteiger charge is -2.27. The second kappa shape index (κ2) is 6.50. The van der Waals surface area contributed by atoms with E-state index in [1.165, 1.54) is 37.7 Å². The molecule has 2 aliphatic carbocycles. The van der Waals surface area contributed by atoms with Gasteiger partial charge in [0.2, 0.25) is 0 Å². The smallest absolute Gasteiger partial charge is 0.0323 e. The first-order valence-electron chi connectivity index (χ1n) is 7.85. The van der Waals surface area contributed by atoms with Crippen molar-refractivity contribution in [3.8, 4) is 0 Å². The van der Waals surface area contributed by atoms with E-state index in [1.54, 1.807) is 0 Å². The molecule has 3 rings (SSSR count). The summed E-state index contributed by atoms with van der Waals surface area (Å²) in [4.78, 5) is 0. The molecular formula is C17H23Br2N. The fourth-order valence-corrected chi connectivity index (χ4v) is 5.66. The molecule has 2 fully saturated rings. The number of rotatable bonds is 5. The maximum atomic E-state index is 3.70. The zero-order chi connectivity index (χ0) is 14.1. The van der Waals surface area contributed by atoms with Crippen molar-refractivity contribution in [3.05, 3.63) is 32.7 Å². The molecule has 3 heteroatoms. The Morgan fingerprint density at radius 2 is 1.90 bits per heavy atom. The van der Waals surface area contributed by atoms with Crippen molar-refractivity contribution in [3.63, 3.8) is 0 Å². The van der Waals surface area contributed by atoms with E-state index in [1.807, 2.05) is 0 Å². The van der Waals surface area contributed by atoms with Crippen molar-refractivity contribution in [2.75, 3.05) is 6.54 Å². The minimum Gasteiger partial charge on any atom is -0.310 e. The Labute approximate surface area is 139 Å². The molecule has 0 spiro atoms. The van der Waals surface area contributed by atoms with Crippen LogP contribution in [0.1, 0.15) is 50.6 Å². The molecule has 0 aliphatic heterocycles. The third-order valence-corrected chi connectivity index (χ3v) is 6.08. The molecule has 4 atom stereocenters. The number of hydrogen-bond donors (Lipinski definition) is 1. The molecule has 1 aromatic rings. The highest BCUT2D eigenvalue weighted by molar-refractivity contribution is 9.11. The van der Waals surface area contributed by atoms with Gasteiger partial charge in [0.1, 0.15) is 0 Å². The van der Waals surface area contributed by atoms with Crippen LogP contribution in [0.3, 0.4) is 0 Å². The fourth-order valence-electron chi connectivity index (χ4n) is 4.33. The summed E-state index contributed by atoms with van der Waals surface area (Å²) in [6.07, 6.45) is 7.26. The molecule has 0 saturated heterocycles. The molecule has 2 bridgehead atoms. The second-order valence-electron chi connectivity index (χ2n) is 6.48. The molecule has 0 amide bonds. The average Bonchev–Trinajstić information content (AvgIpc) is 2.99. The molecule has 1 aromatic carbocycles. The van der Waals surface area contributed by atoms with Gasteiger partial charge in [-0.2, -0.15) is 0 Å². The number of hydrogen-bond acceptors (Lipinski definition) is 1. The van der Waals surface area contributed by atoms with Gasteiger partial charge in [-0.15, -0.1) is 0 Å². The van der Waals surface area contributed by atoms with Gasteiger partial charge >= 0.3 is 0 Å². The monoisotopic (exact) mass is 399 g/mol. The summed E-state index contributed by atoms with van der Waals surface area (Å²) in [6, 6.07) is 7.15. The van der Waals surface area contributed by atoms with E-state index < -0.39 is 0 Å². The van der Waals surface area contributed by atoms with Crippen molar-refractivity contribution >= 4 is 31.9 Å². The number of nitrogens with one attached hydrogen (secondary N) is 1. The van der Waals surface area contributed by atoms with Crippen molar-refractivity contribution in [2.24, 2.45) is 17.8 Å². The third-order valence-electron chi connectivity index (χ3n) is 5.16. The van der Waals surface area contributed by atoms with E-state index in [-0.39, 0.29) is 0 Å². The minimum absolute atomic E-state index is 0.498. The largest absolute Gasteiger partial charge is 0.310 e. The molecule has 1 N–H and O–H groups in total. The number of fused-ring (bicyclic) bond motifs is 2. The van der Waals surface area contributed by atoms with Crippen LogP contribution in [0.5, 0.6) is 0 Å². The second-order valence-corrected chi connectivity index (χ2v) is 8.32. The highest BCUT2D eigenvalue weighted by atomic mass is 79.9. The lowest BCUT2D eigenvalue weighted by molar-refractivity contribution is 0.280. The van der Waals surface area contributed by atoms with E-state index >= 15 is 0 Å². The fraction of sp³-hybridized carbons (Fsp3) is 0.647. The predicted octanol–water partition coefficient (Wildman–Crippen LogP) is 5.69. The van der Waals surface area contributed by atoms with Crippen molar-refractivity contribution in [2.45, 2.75) is 45.1 Å². The molecule has 110 valence electrons. The SMILES string of the molecule is CCNC(CC1CC2CCC1C2)c1cc(Br)cc(Br)c1. The molecule has 2 saturated carbocycles. The topological polar surface area (TPSA) is 12.0 Å². The molecule has 0 radical (unpaired) electrons. The maximum Gasteiger partial charge on any atom is 0.0323 e. The highest BCUT2D eigenvalue weighted by Gasteiger charge is 2.40. The summed E-state index contributed by atoms with van der Waals surface area (Å²) in [5.74, 6) is 2.99. The Morgan fingerprint density at radius 3 is 2.45 bits per heavy atom. The quantitative estimate of drug-likeness (QED) is 0.669. The number of benzene rings is 1. The molecule has 1 nitrogen and oxygen atoms in total. The Bertz CT molecular complexity index is 454. The van der Waals surface area contributed by atoms with Crippen LogP contribution in [-0.2, 0) is 0 Å². The van der Waals surface area contributed by atoms with E-state index in [0.717, 1.165) is 33.2 Å². The Hall–Kier alpha value is 0.140. The van der Waals surface area contributed by atoms with Crippen LogP contribution in [0.4, 0.5) is 0 Å². The molecule has 4 unspecified atom stereocenters. The Morgan fingerprint density at radius 1 is 1.15 bits per heavy atom. The first kappa shape index (κ1) is 15.1. The lowest BCUT2D eigenvalue weighted by Crippen LogP contribution is -2.25. The average molecular weight is 401 g/mol. The van der Waals surface area contributed by atoms with Gasteiger partial charge in [-0.1, -0.05) is 45.2 Å². The first-order chi connectivity index (χ1) is 9.65. The maximum absolute atomic E-state index is 3.70. The van der Waals surface area contributed by atoms with Crippen LogP contribution >= 0.6 is 31.9 Å². The van der Waals surface area contributed by atoms with Gasteiger partial charge in [0.05, 0.1) is 0 Å². The molecule has 2 aliphatic rings. The van der Waals surface area contributed by atoms with E-state index in [2.05, 4.69) is 62.3 Å². The molecule has 0 aromatic heterocycles. The molecular weight excluding hydrogens is 378 g/mol. The van der Waals surface area contributed by atoms with Gasteiger partial charge in [-0.05, 0) is 73.7 Å². The Kier molecular flexibility index (Phi) is 4.89. The lowest BCUT2D eigenvalue weighted by atomic mass is 9.83. The third kappa shape index (κ3) is 3.31. The van der Waals surface area contributed by atoms with Gasteiger partial charge in [-0.3, -0.25) is 0 Å². The number of halogens is 2. The van der Waals surface area contributed by atoms with Crippen LogP contribution in [-0.4, -0.2) is 6.54 Å². The summed E-state index contributed by atoms with van der Waals surface area (Å²) in [7, 11) is 0. The van der Waals surface area contributed by atoms with Gasteiger partial charge in [0.15, 0.2) is 0 Å². The van der Waals surface area contributed by atoms with Gasteiger partial charge in [-0.25, -0.2) is 0 Å². The van der Waals surface area contributed by atoms with Crippen molar-refractivity contribution in [1.82, 2.24) is 5.32 Å². The highest BCUT2D eigenvalue weighted by Crippen LogP contribution is 2.51. The van der Waals surface area contributed by atoms with Gasteiger partial charge in [0, 0.05) is 15.0 Å². The molecule has 20 heavy (non-hydrogen) atoms. The van der Waals surface area contributed by atoms with Crippen LogP contribution in [0.25, 0.3) is 0 Å². The summed E-state index contributed by atoms with van der Waals surface area (Å²) in [6.45, 7) is 3.25. The summed E-state index contributed by atoms with van der Waals surface area (Å²) in [5, 5.41) is 3.70. The summed E-state index contributed by atoms with van der Waals surface area (Å²) >= 11 is 7.24. The zero-order valence-corrected chi connectivity index (χ0v) is 15.2. The van der Waals surface area contributed by atoms with Gasteiger partial charge < -0.3 is 5.32 Å². The van der Waals surface area contributed by atoms with E-state index in [9.17, 15) is 0 Å². The van der Waals surface area contributed by atoms with Crippen molar-refractivity contribution in [1.29, 1.82) is 0 Å². The summed E-state index contributed by atoms with van der Waals surface area (Å²) < 4.78 is 2.33. The zero-order valence-electron chi connectivity index (χ0n) is 12.0. The standard InChI is InChI=1S/C17H23Br2N/c1-2-20-17(14-7-15(18)10-16(19)8-14)9-13-6-11-3-4-12(13)5-11/h7-8,10-13,17,20H,2-6,9H2,1H3. The first-order valence-corrected chi connectivity index (χ1v) is 9.43. The predicted molar refractivity (Wildman–Crippen MR) is 91.8 cm³/mol. The summed E-state index contributed by atoms with van der Waals surface area (Å²) in [5.41, 5.74) is 1.41. The van der Waals surface area contributed by atoms with Gasteiger partial charge in [0.25, 0.3) is 0 Å². The van der Waals surface area contributed by atoms with Crippen LogP contribution < -0.4 is 5.32 Å².